The predicted molar refractivity (Wildman–Crippen MR) is 610 cm³/mol. The van der Waals surface area contributed by atoms with Gasteiger partial charge in [0.25, 0.3) is 0 Å². The number of halogens is 3. The van der Waals surface area contributed by atoms with Gasteiger partial charge in [-0.15, -0.1) is 0 Å². The number of rotatable bonds is 17. The molecule has 13 aromatic carbocycles. The number of nitrogens with zero attached hydrogens (tertiary/aromatic N) is 6. The maximum absolute atomic E-state index is 14.6. The molecule has 3 N–H and O–H groups in total. The SMILES string of the molecule is CC(C)c1cccc(C(C)C)c1[N]=[Mo]=[CH]C(C)(C)C.CC(C)c1cccc(C(C)C)c1[N]=[Mo]=[CH]C(C)(C)C.CC(C)c1cccc(C(C)C)c1[N]=[Mo]=[CH]C(C)(C)c1ccccc1.Cc1cc(C)c(-c2cc(F)cc(-c3c(C)cc(C)cc3C)c2O)c(C)c1.Cc1ccc(C)[n-]1.Cc1ccc(C)[n-]1.Oc1c(-c2ccccc2)cc(F)cc1-c1ccccc1.Oc1c(-c2ccccc2)cc(F)cc1-c1ccccc1.c1cc[n-]c1. The van der Waals surface area contributed by atoms with E-state index in [9.17, 15) is 28.5 Å². The minimum Gasteiger partial charge on any atom is -0.670 e. The molecular formula is C132H154F3Mo3N6O3-3. The first-order valence-electron chi connectivity index (χ1n) is 50.7. The minimum absolute atomic E-state index is 0.0811. The fourth-order valence-corrected chi connectivity index (χ4v) is 21.9. The second-order valence-electron chi connectivity index (χ2n) is 41.9. The average molecular weight is 2220 g/mol. The van der Waals surface area contributed by atoms with Crippen LogP contribution < -0.4 is 15.0 Å². The number of hydrogen-bond donors (Lipinski definition) is 3. The molecule has 16 aromatic rings. The van der Waals surface area contributed by atoms with Crippen molar-refractivity contribution in [2.75, 3.05) is 0 Å². The topological polar surface area (TPSA) is 140 Å². The smallest absolute Gasteiger partial charge is 0.131 e. The fourth-order valence-electron chi connectivity index (χ4n) is 16.6. The second-order valence-corrected chi connectivity index (χ2v) is 46.5. The molecule has 772 valence electrons. The molecule has 16 rings (SSSR count). The van der Waals surface area contributed by atoms with Gasteiger partial charge in [0, 0.05) is 33.4 Å². The van der Waals surface area contributed by atoms with Crippen LogP contribution in [0.25, 0.3) is 66.8 Å². The van der Waals surface area contributed by atoms with Crippen molar-refractivity contribution >= 4 is 30.3 Å². The summed E-state index contributed by atoms with van der Waals surface area (Å²) in [6, 6.07) is 96.3. The number of aromatic nitrogens is 3. The van der Waals surface area contributed by atoms with Gasteiger partial charge in [-0.2, -0.15) is 35.2 Å². The van der Waals surface area contributed by atoms with E-state index in [2.05, 4.69) is 276 Å². The van der Waals surface area contributed by atoms with Gasteiger partial charge in [-0.3, -0.25) is 0 Å². The molecule has 0 saturated carbocycles. The van der Waals surface area contributed by atoms with Crippen LogP contribution in [0.4, 0.5) is 30.2 Å². The van der Waals surface area contributed by atoms with E-state index in [1.807, 2.05) is 227 Å². The number of benzene rings is 13. The summed E-state index contributed by atoms with van der Waals surface area (Å²) in [6.45, 7) is 65.3. The van der Waals surface area contributed by atoms with E-state index in [4.69, 9.17) is 10.5 Å². The van der Waals surface area contributed by atoms with Gasteiger partial charge in [-0.05, 0) is 134 Å². The fraction of sp³-hybridized carbons (Fsp3) is 0.295. The zero-order valence-corrected chi connectivity index (χ0v) is 98.1. The van der Waals surface area contributed by atoms with Crippen molar-refractivity contribution < 1.29 is 82.2 Å². The molecule has 0 saturated heterocycles. The summed E-state index contributed by atoms with van der Waals surface area (Å²) in [6.07, 6.45) is 3.50. The third-order valence-electron chi connectivity index (χ3n) is 23.9. The van der Waals surface area contributed by atoms with Gasteiger partial charge in [0.2, 0.25) is 0 Å². The van der Waals surface area contributed by atoms with E-state index in [-0.39, 0.29) is 50.9 Å². The normalized spacial score (nSPS) is 10.9. The van der Waals surface area contributed by atoms with Gasteiger partial charge < -0.3 is 30.3 Å². The van der Waals surface area contributed by atoms with Crippen molar-refractivity contribution in [1.82, 2.24) is 15.0 Å². The second kappa shape index (κ2) is 58.1. The van der Waals surface area contributed by atoms with E-state index in [0.29, 0.717) is 68.9 Å². The van der Waals surface area contributed by atoms with Crippen LogP contribution >= 0.6 is 0 Å². The monoisotopic (exact) mass is 2220 g/mol. The summed E-state index contributed by atoms with van der Waals surface area (Å²) < 4.78 is 64.7. The summed E-state index contributed by atoms with van der Waals surface area (Å²) in [5, 5.41) is 32.0. The van der Waals surface area contributed by atoms with E-state index >= 15 is 0 Å². The molecule has 0 atom stereocenters. The van der Waals surface area contributed by atoms with Crippen LogP contribution in [0.15, 0.2) is 326 Å². The Morgan fingerprint density at radius 1 is 0.265 bits per heavy atom. The predicted octanol–water partition coefficient (Wildman–Crippen LogP) is 37.6. The number of phenols is 3. The molecule has 0 bridgehead atoms. The van der Waals surface area contributed by atoms with Gasteiger partial charge in [-0.25, -0.2) is 13.2 Å². The summed E-state index contributed by atoms with van der Waals surface area (Å²) in [4.78, 5) is 11.9. The van der Waals surface area contributed by atoms with Crippen molar-refractivity contribution in [3.05, 3.63) is 428 Å². The summed E-state index contributed by atoms with van der Waals surface area (Å²) >= 11 is -1.38. The standard InChI is InChI=1S/C24H25FO.2C18H13FO.3C12H17N.C10H12.2C6H8N.2C5H10.C4H4N.3Mo/c1-13-7-15(3)22(16(4)8-13)20-11-19(25)12-21(24(20)26)23-17(5)9-14(2)10-18(23)6;2*19-15-11-16(13-7-3-1-4-8-13)18(20)17(12-15)14-9-5-2-6-10-14;3*1-8(2)10-6-5-7-11(9(3)4)12(10)13;1-10(2,3)9-7-5-4-6-8-9;2*1-5-3-4-6(2)7-5;2*1-5(2,3)4;1-2-4-5-3-1;;;/h7-12,26H,1-6H3;2*1-12,20H;3*5-9H,1-4H3;1,4-8H,2-3H3;2*3-4H,1-2H3;2*1H,2-4H3;1-4H;;;/q;;;;;;;2*-1;;;-1;;;. The van der Waals surface area contributed by atoms with Gasteiger partial charge >= 0.3 is 409 Å². The van der Waals surface area contributed by atoms with E-state index in [1.54, 1.807) is 12.4 Å². The van der Waals surface area contributed by atoms with Crippen LogP contribution in [0.2, 0.25) is 0 Å². The largest absolute Gasteiger partial charge is 0.670 e. The molecule has 3 aromatic heterocycles. The Kier molecular flexibility index (Phi) is 47.5. The average Bonchev–Trinajstić information content (AvgIpc) is 1.36. The first kappa shape index (κ1) is 120. The first-order chi connectivity index (χ1) is 69.5. The molecular weight excluding hydrogens is 2060 g/mol. The zero-order chi connectivity index (χ0) is 108. The molecule has 3 heterocycles. The summed E-state index contributed by atoms with van der Waals surface area (Å²) in [5.74, 6) is 2.46. The molecule has 0 unspecified atom stereocenters. The number of aryl methyl sites for hydroxylation is 10. The van der Waals surface area contributed by atoms with Crippen LogP contribution in [0.1, 0.15) is 269 Å². The Labute approximate surface area is 902 Å². The molecule has 0 aliphatic carbocycles. The van der Waals surface area contributed by atoms with Crippen LogP contribution in [-0.4, -0.2) is 28.5 Å². The van der Waals surface area contributed by atoms with Crippen molar-refractivity contribution in [2.45, 2.75) is 249 Å². The maximum Gasteiger partial charge on any atom is 0.131 e. The molecule has 9 nitrogen and oxygen atoms in total. The maximum atomic E-state index is 14.6. The van der Waals surface area contributed by atoms with Crippen molar-refractivity contribution in [3.63, 3.8) is 0 Å². The van der Waals surface area contributed by atoms with Crippen LogP contribution in [0.3, 0.4) is 0 Å². The Hall–Kier alpha value is -12.0. The summed E-state index contributed by atoms with van der Waals surface area (Å²) in [5.41, 5.74) is 33.2. The third-order valence-corrected chi connectivity index (χ3v) is 31.7. The Balaban J connectivity index is 0.000000208. The van der Waals surface area contributed by atoms with Crippen LogP contribution in [0.5, 0.6) is 17.2 Å². The van der Waals surface area contributed by atoms with Crippen LogP contribution in [0, 0.1) is 97.5 Å². The first-order valence-corrected chi connectivity index (χ1v) is 56.9. The molecule has 0 aliphatic rings. The molecule has 0 radical (unpaired) electrons. The van der Waals surface area contributed by atoms with E-state index < -0.39 is 53.8 Å². The molecule has 0 aliphatic heterocycles. The van der Waals surface area contributed by atoms with Gasteiger partial charge in [0.05, 0.1) is 0 Å². The molecule has 15 heteroatoms. The van der Waals surface area contributed by atoms with Gasteiger partial charge in [0.1, 0.15) is 34.7 Å². The van der Waals surface area contributed by atoms with Crippen LogP contribution in [-0.2, 0) is 59.2 Å². The minimum atomic E-state index is -0.553. The number of phenolic OH excluding ortho intramolecular Hbond substituents is 3. The molecule has 0 fully saturated rings. The van der Waals surface area contributed by atoms with E-state index in [1.165, 1.54) is 92.4 Å². The van der Waals surface area contributed by atoms with Crippen molar-refractivity contribution in [2.24, 2.45) is 21.3 Å². The third kappa shape index (κ3) is 37.9. The molecule has 0 spiro atoms. The molecule has 147 heavy (non-hydrogen) atoms. The number of hydrogen-bond acceptors (Lipinski definition) is 6. The van der Waals surface area contributed by atoms with Crippen molar-refractivity contribution in [3.8, 4) is 84.0 Å². The van der Waals surface area contributed by atoms with Gasteiger partial charge in [0.15, 0.2) is 0 Å². The Morgan fingerprint density at radius 3 is 0.687 bits per heavy atom. The summed E-state index contributed by atoms with van der Waals surface area (Å²) in [7, 11) is 0. The van der Waals surface area contributed by atoms with E-state index in [0.717, 1.165) is 89.5 Å². The molecule has 0 amide bonds. The van der Waals surface area contributed by atoms with Gasteiger partial charge in [-0.1, -0.05) is 221 Å². The Bertz CT molecular complexity index is 6450. The van der Waals surface area contributed by atoms with Crippen molar-refractivity contribution in [1.29, 1.82) is 0 Å². The Morgan fingerprint density at radius 2 is 0.483 bits per heavy atom. The number of aromatic hydroxyl groups is 3. The quantitative estimate of drug-likeness (QED) is 0.0776. The zero-order valence-electron chi connectivity index (χ0n) is 92.1.